The number of carbonyl (C=O) groups is 2. The maximum Gasteiger partial charge on any atom is 0.264 e. The number of hydrogen-bond acceptors (Lipinski definition) is 4. The van der Waals surface area contributed by atoms with Crippen molar-refractivity contribution in [2.45, 2.75) is 18.2 Å². The molecule has 35 heavy (non-hydrogen) atoms. The van der Waals surface area contributed by atoms with Gasteiger partial charge in [0.1, 0.15) is 16.7 Å². The molecule has 1 atom stereocenters. The number of nitriles is 1. The van der Waals surface area contributed by atoms with E-state index in [9.17, 15) is 14.9 Å². The number of nitrogens with zero attached hydrogens (tertiary/aromatic N) is 2. The van der Waals surface area contributed by atoms with E-state index in [1.54, 1.807) is 42.5 Å². The van der Waals surface area contributed by atoms with E-state index in [0.29, 0.717) is 26.3 Å². The Hall–Kier alpha value is -2.95. The molecule has 0 aliphatic carbocycles. The molecule has 4 rings (SSSR count). The first kappa shape index (κ1) is 25.2. The second-order valence-corrected chi connectivity index (χ2v) is 10.1. The fraction of sp³-hybridized carbons (Fsp3) is 0.115. The zero-order valence-electron chi connectivity index (χ0n) is 18.2. The number of carbonyl (C=O) groups excluding carboxylic acids is 2. The van der Waals surface area contributed by atoms with Crippen LogP contribution in [0.15, 0.2) is 83.4 Å². The molecule has 1 aliphatic rings. The van der Waals surface area contributed by atoms with Crippen molar-refractivity contribution < 1.29 is 9.59 Å². The van der Waals surface area contributed by atoms with Gasteiger partial charge in [0.2, 0.25) is 5.91 Å². The van der Waals surface area contributed by atoms with Crippen LogP contribution in [0, 0.1) is 11.3 Å². The van der Waals surface area contributed by atoms with Crippen LogP contribution in [-0.2, 0) is 22.6 Å². The average Bonchev–Trinajstić information content (AvgIpc) is 3.17. The largest absolute Gasteiger partial charge is 0.347 e. The fourth-order valence-electron chi connectivity index (χ4n) is 3.58. The van der Waals surface area contributed by atoms with Crippen LogP contribution in [0.4, 0.5) is 5.69 Å². The van der Waals surface area contributed by atoms with E-state index in [1.807, 2.05) is 36.4 Å². The van der Waals surface area contributed by atoms with Crippen LogP contribution in [0.3, 0.4) is 0 Å². The minimum Gasteiger partial charge on any atom is -0.347 e. The molecule has 1 saturated heterocycles. The summed E-state index contributed by atoms with van der Waals surface area (Å²) in [6.07, 6.45) is 0.279. The number of nitrogens with one attached hydrogen (secondary N) is 1. The van der Waals surface area contributed by atoms with E-state index < -0.39 is 11.2 Å². The van der Waals surface area contributed by atoms with Crippen molar-refractivity contribution >= 4 is 64.1 Å². The summed E-state index contributed by atoms with van der Waals surface area (Å²) in [4.78, 5) is 28.0. The standard InChI is InChI=1S/C26H18Cl3N3O2S/c27-18-6-9-20(10-7-18)32-25(34)23(13-17-12-19(28)8-11-22(17)29)35-26(32)21(14-30)24(33)31-15-16-4-2-1-3-5-16/h1-12,23H,13,15H2,(H,31,33)/b26-21-/t23-/m0/s1. The minimum absolute atomic E-state index is 0.145. The number of benzene rings is 3. The van der Waals surface area contributed by atoms with Gasteiger partial charge in [0.25, 0.3) is 5.91 Å². The topological polar surface area (TPSA) is 73.2 Å². The third kappa shape index (κ3) is 5.83. The van der Waals surface area contributed by atoms with Crippen molar-refractivity contribution in [3.8, 4) is 6.07 Å². The second-order valence-electron chi connectivity index (χ2n) is 7.66. The molecule has 0 radical (unpaired) electrons. The van der Waals surface area contributed by atoms with Gasteiger partial charge in [0, 0.05) is 27.3 Å². The van der Waals surface area contributed by atoms with Gasteiger partial charge in [-0.2, -0.15) is 5.26 Å². The van der Waals surface area contributed by atoms with E-state index in [-0.39, 0.29) is 29.5 Å². The molecule has 3 aromatic rings. The summed E-state index contributed by atoms with van der Waals surface area (Å²) in [5, 5.41) is 13.8. The maximum absolute atomic E-state index is 13.5. The summed E-state index contributed by atoms with van der Waals surface area (Å²) < 4.78 is 0. The molecule has 1 fully saturated rings. The molecule has 1 heterocycles. The number of anilines is 1. The summed E-state index contributed by atoms with van der Waals surface area (Å²) in [6.45, 7) is 0.249. The lowest BCUT2D eigenvalue weighted by molar-refractivity contribution is -0.117. The van der Waals surface area contributed by atoms with Crippen molar-refractivity contribution in [2.75, 3.05) is 4.90 Å². The summed E-state index contributed by atoms with van der Waals surface area (Å²) in [7, 11) is 0. The number of rotatable bonds is 6. The third-order valence-electron chi connectivity index (χ3n) is 5.30. The van der Waals surface area contributed by atoms with Crippen molar-refractivity contribution in [2.24, 2.45) is 0 Å². The summed E-state index contributed by atoms with van der Waals surface area (Å²) >= 11 is 19.7. The van der Waals surface area contributed by atoms with E-state index in [4.69, 9.17) is 34.8 Å². The van der Waals surface area contributed by atoms with Crippen molar-refractivity contribution in [1.29, 1.82) is 5.26 Å². The first-order valence-electron chi connectivity index (χ1n) is 10.5. The highest BCUT2D eigenvalue weighted by Crippen LogP contribution is 2.42. The lowest BCUT2D eigenvalue weighted by atomic mass is 10.1. The van der Waals surface area contributed by atoms with Gasteiger partial charge in [-0.1, -0.05) is 76.9 Å². The van der Waals surface area contributed by atoms with Crippen molar-refractivity contribution in [1.82, 2.24) is 5.32 Å². The van der Waals surface area contributed by atoms with Gasteiger partial charge >= 0.3 is 0 Å². The average molecular weight is 543 g/mol. The zero-order valence-corrected chi connectivity index (χ0v) is 21.3. The Morgan fingerprint density at radius 3 is 2.37 bits per heavy atom. The Morgan fingerprint density at radius 1 is 1.00 bits per heavy atom. The molecule has 0 spiro atoms. The highest BCUT2D eigenvalue weighted by atomic mass is 35.5. The van der Waals surface area contributed by atoms with E-state index in [2.05, 4.69) is 5.32 Å². The molecule has 0 bridgehead atoms. The Bertz CT molecular complexity index is 1340. The number of thioether (sulfide) groups is 1. The first-order valence-corrected chi connectivity index (χ1v) is 12.6. The Labute approximate surface area is 222 Å². The minimum atomic E-state index is -0.609. The van der Waals surface area contributed by atoms with E-state index in [0.717, 1.165) is 17.3 Å². The number of halogens is 3. The van der Waals surface area contributed by atoms with Gasteiger partial charge in [0.05, 0.1) is 5.25 Å². The summed E-state index contributed by atoms with van der Waals surface area (Å²) in [6, 6.07) is 23.1. The van der Waals surface area contributed by atoms with Crippen LogP contribution >= 0.6 is 46.6 Å². The van der Waals surface area contributed by atoms with E-state index >= 15 is 0 Å². The highest BCUT2D eigenvalue weighted by molar-refractivity contribution is 8.05. The lowest BCUT2D eigenvalue weighted by Gasteiger charge is -2.19. The van der Waals surface area contributed by atoms with Gasteiger partial charge in [-0.3, -0.25) is 14.5 Å². The molecule has 0 unspecified atom stereocenters. The van der Waals surface area contributed by atoms with Gasteiger partial charge in [-0.15, -0.1) is 0 Å². The van der Waals surface area contributed by atoms with Crippen LogP contribution in [0.2, 0.25) is 15.1 Å². The molecule has 176 valence electrons. The highest BCUT2D eigenvalue weighted by Gasteiger charge is 2.41. The van der Waals surface area contributed by atoms with Crippen LogP contribution in [-0.4, -0.2) is 17.1 Å². The molecule has 3 aromatic carbocycles. The molecule has 1 N–H and O–H groups in total. The summed E-state index contributed by atoms with van der Waals surface area (Å²) in [5.41, 5.74) is 1.95. The zero-order chi connectivity index (χ0) is 24.9. The fourth-order valence-corrected chi connectivity index (χ4v) is 5.39. The smallest absolute Gasteiger partial charge is 0.264 e. The summed E-state index contributed by atoms with van der Waals surface area (Å²) in [5.74, 6) is -0.834. The van der Waals surface area contributed by atoms with Crippen LogP contribution < -0.4 is 10.2 Å². The van der Waals surface area contributed by atoms with Gasteiger partial charge in [-0.25, -0.2) is 0 Å². The maximum atomic E-state index is 13.5. The normalized spacial score (nSPS) is 16.7. The Balaban J connectivity index is 1.69. The molecule has 9 heteroatoms. The molecule has 0 saturated carbocycles. The Kier molecular flexibility index (Phi) is 8.04. The van der Waals surface area contributed by atoms with E-state index in [1.165, 1.54) is 4.90 Å². The monoisotopic (exact) mass is 541 g/mol. The predicted molar refractivity (Wildman–Crippen MR) is 141 cm³/mol. The molecular weight excluding hydrogens is 525 g/mol. The van der Waals surface area contributed by atoms with Gasteiger partial charge < -0.3 is 5.32 Å². The lowest BCUT2D eigenvalue weighted by Crippen LogP contribution is -2.32. The van der Waals surface area contributed by atoms with Crippen molar-refractivity contribution in [3.05, 3.63) is 110 Å². The Morgan fingerprint density at radius 2 is 1.69 bits per heavy atom. The number of hydrogen-bond donors (Lipinski definition) is 1. The van der Waals surface area contributed by atoms with Crippen LogP contribution in [0.1, 0.15) is 11.1 Å². The number of amides is 2. The van der Waals surface area contributed by atoms with Gasteiger partial charge in [-0.05, 0) is 60.0 Å². The quantitative estimate of drug-likeness (QED) is 0.289. The van der Waals surface area contributed by atoms with Gasteiger partial charge in [0.15, 0.2) is 0 Å². The first-order chi connectivity index (χ1) is 16.9. The molecule has 0 aromatic heterocycles. The molecule has 1 aliphatic heterocycles. The van der Waals surface area contributed by atoms with Crippen LogP contribution in [0.5, 0.6) is 0 Å². The molecular formula is C26H18Cl3N3O2S. The van der Waals surface area contributed by atoms with Crippen molar-refractivity contribution in [3.63, 3.8) is 0 Å². The predicted octanol–water partition coefficient (Wildman–Crippen LogP) is 6.39. The molecule has 5 nitrogen and oxygen atoms in total. The van der Waals surface area contributed by atoms with Crippen LogP contribution in [0.25, 0.3) is 0 Å². The SMILES string of the molecule is N#C/C(C(=O)NCc1ccccc1)=C1/S[C@@H](Cc2cc(Cl)ccc2Cl)C(=O)N1c1ccc(Cl)cc1. The second kappa shape index (κ2) is 11.2. The third-order valence-corrected chi connectivity index (χ3v) is 7.42. The molecule has 2 amide bonds.